The summed E-state index contributed by atoms with van der Waals surface area (Å²) in [6, 6.07) is 0.129. The van der Waals surface area contributed by atoms with Gasteiger partial charge in [0, 0.05) is 6.20 Å². The monoisotopic (exact) mass is 324 g/mol. The SMILES string of the molecule is COc1nc(B2OC(C)(C)C(C)(C)O2)cn1C(=O)OC(C)(C)C. The molecule has 128 valence electrons. The van der Waals surface area contributed by atoms with Gasteiger partial charge in [-0.2, -0.15) is 0 Å². The van der Waals surface area contributed by atoms with Gasteiger partial charge in [0.05, 0.1) is 23.9 Å². The van der Waals surface area contributed by atoms with Crippen LogP contribution in [0.1, 0.15) is 48.5 Å². The molecular weight excluding hydrogens is 299 g/mol. The van der Waals surface area contributed by atoms with E-state index in [9.17, 15) is 4.79 Å². The molecule has 1 aliphatic rings. The Balaban J connectivity index is 2.28. The summed E-state index contributed by atoms with van der Waals surface area (Å²) in [6.07, 6.45) is 0.958. The molecule has 2 rings (SSSR count). The number of imidazole rings is 1. The predicted molar refractivity (Wildman–Crippen MR) is 86.1 cm³/mol. The molecule has 1 aliphatic heterocycles. The number of hydrogen-bond acceptors (Lipinski definition) is 6. The van der Waals surface area contributed by atoms with Crippen LogP contribution in [0.3, 0.4) is 0 Å². The molecule has 0 spiro atoms. The van der Waals surface area contributed by atoms with Crippen molar-refractivity contribution in [1.29, 1.82) is 0 Å². The van der Waals surface area contributed by atoms with E-state index >= 15 is 0 Å². The lowest BCUT2D eigenvalue weighted by molar-refractivity contribution is 0.00578. The van der Waals surface area contributed by atoms with Crippen LogP contribution in [-0.4, -0.2) is 46.7 Å². The highest BCUT2D eigenvalue weighted by atomic mass is 16.7. The smallest absolute Gasteiger partial charge is 0.468 e. The predicted octanol–water partition coefficient (Wildman–Crippen LogP) is 1.97. The number of ether oxygens (including phenoxy) is 2. The van der Waals surface area contributed by atoms with E-state index in [1.54, 1.807) is 20.8 Å². The molecule has 2 heterocycles. The molecule has 0 saturated carbocycles. The Morgan fingerprint density at radius 2 is 1.74 bits per heavy atom. The fourth-order valence-electron chi connectivity index (χ4n) is 2.04. The maximum atomic E-state index is 12.3. The first-order valence-corrected chi connectivity index (χ1v) is 7.58. The van der Waals surface area contributed by atoms with Crippen LogP contribution in [0, 0.1) is 0 Å². The van der Waals surface area contributed by atoms with E-state index in [4.69, 9.17) is 18.8 Å². The zero-order chi connectivity index (χ0) is 17.6. The first-order valence-electron chi connectivity index (χ1n) is 7.58. The molecule has 0 N–H and O–H groups in total. The lowest BCUT2D eigenvalue weighted by Gasteiger charge is -2.32. The van der Waals surface area contributed by atoms with Crippen LogP contribution in [0.4, 0.5) is 4.79 Å². The second-order valence-corrected chi connectivity index (χ2v) is 7.59. The third kappa shape index (κ3) is 3.53. The van der Waals surface area contributed by atoms with Gasteiger partial charge in [-0.1, -0.05) is 0 Å². The van der Waals surface area contributed by atoms with Crippen molar-refractivity contribution in [2.24, 2.45) is 0 Å². The van der Waals surface area contributed by atoms with E-state index in [1.807, 2.05) is 27.7 Å². The van der Waals surface area contributed by atoms with Crippen LogP contribution in [0.5, 0.6) is 6.01 Å². The van der Waals surface area contributed by atoms with Crippen LogP contribution < -0.4 is 10.3 Å². The number of methoxy groups -OCH3 is 1. The summed E-state index contributed by atoms with van der Waals surface area (Å²) in [5.41, 5.74) is -1.12. The molecule has 8 heteroatoms. The van der Waals surface area contributed by atoms with Crippen molar-refractivity contribution in [3.8, 4) is 6.01 Å². The minimum absolute atomic E-state index is 0.129. The van der Waals surface area contributed by atoms with Crippen molar-refractivity contribution >= 4 is 18.8 Å². The fraction of sp³-hybridized carbons (Fsp3) is 0.733. The summed E-state index contributed by atoms with van der Waals surface area (Å²) >= 11 is 0. The van der Waals surface area contributed by atoms with Crippen molar-refractivity contribution in [2.45, 2.75) is 65.3 Å². The highest BCUT2D eigenvalue weighted by Gasteiger charge is 2.53. The molecule has 0 atom stereocenters. The number of hydrogen-bond donors (Lipinski definition) is 0. The van der Waals surface area contributed by atoms with Gasteiger partial charge in [-0.25, -0.2) is 14.3 Å². The number of carbonyl (C=O) groups excluding carboxylic acids is 1. The molecule has 1 aromatic rings. The maximum Gasteiger partial charge on any atom is 0.516 e. The van der Waals surface area contributed by atoms with E-state index in [0.717, 1.165) is 0 Å². The maximum absolute atomic E-state index is 12.3. The lowest BCUT2D eigenvalue weighted by Crippen LogP contribution is -2.41. The van der Waals surface area contributed by atoms with Crippen molar-refractivity contribution < 1.29 is 23.6 Å². The van der Waals surface area contributed by atoms with Crippen molar-refractivity contribution in [3.63, 3.8) is 0 Å². The molecule has 0 aromatic carbocycles. The number of nitrogens with zero attached hydrogens (tertiary/aromatic N) is 2. The number of aromatic nitrogens is 2. The van der Waals surface area contributed by atoms with Gasteiger partial charge in [0.15, 0.2) is 0 Å². The summed E-state index contributed by atoms with van der Waals surface area (Å²) in [7, 11) is 0.773. The average Bonchev–Trinajstić information content (AvgIpc) is 2.87. The van der Waals surface area contributed by atoms with Gasteiger partial charge in [0.2, 0.25) is 0 Å². The second-order valence-electron chi connectivity index (χ2n) is 7.59. The Hall–Kier alpha value is -1.54. The van der Waals surface area contributed by atoms with E-state index in [2.05, 4.69) is 4.98 Å². The highest BCUT2D eigenvalue weighted by molar-refractivity contribution is 6.61. The van der Waals surface area contributed by atoms with Crippen molar-refractivity contribution in [2.75, 3.05) is 7.11 Å². The molecule has 7 nitrogen and oxygen atoms in total. The van der Waals surface area contributed by atoms with Gasteiger partial charge >= 0.3 is 19.2 Å². The Labute approximate surface area is 137 Å². The van der Waals surface area contributed by atoms with Crippen molar-refractivity contribution in [3.05, 3.63) is 6.20 Å². The average molecular weight is 324 g/mol. The quantitative estimate of drug-likeness (QED) is 0.775. The van der Waals surface area contributed by atoms with E-state index < -0.39 is 30.0 Å². The Morgan fingerprint density at radius 3 is 2.17 bits per heavy atom. The van der Waals surface area contributed by atoms with Gasteiger partial charge in [-0.3, -0.25) is 0 Å². The van der Waals surface area contributed by atoms with Gasteiger partial charge in [-0.05, 0) is 48.5 Å². The third-order valence-corrected chi connectivity index (χ3v) is 3.96. The first-order chi connectivity index (χ1) is 10.4. The zero-order valence-corrected chi connectivity index (χ0v) is 15.1. The largest absolute Gasteiger partial charge is 0.516 e. The molecule has 0 unspecified atom stereocenters. The molecule has 1 saturated heterocycles. The summed E-state index contributed by atoms with van der Waals surface area (Å²) in [4.78, 5) is 16.5. The number of carbonyl (C=O) groups is 1. The topological polar surface area (TPSA) is 71.8 Å². The van der Waals surface area contributed by atoms with E-state index in [-0.39, 0.29) is 6.01 Å². The lowest BCUT2D eigenvalue weighted by atomic mass is 9.86. The normalized spacial score (nSPS) is 19.7. The van der Waals surface area contributed by atoms with E-state index in [1.165, 1.54) is 17.9 Å². The summed E-state index contributed by atoms with van der Waals surface area (Å²) in [5.74, 6) is 0. The fourth-order valence-corrected chi connectivity index (χ4v) is 2.04. The summed E-state index contributed by atoms with van der Waals surface area (Å²) in [5, 5.41) is 0. The van der Waals surface area contributed by atoms with Gasteiger partial charge in [-0.15, -0.1) is 0 Å². The third-order valence-electron chi connectivity index (χ3n) is 3.96. The molecule has 1 aromatic heterocycles. The summed E-state index contributed by atoms with van der Waals surface area (Å²) in [6.45, 7) is 13.2. The standard InChI is InChI=1S/C15H25BN2O5/c1-13(2,3)21-12(19)18-9-10(17-11(18)20-8)16-22-14(4,5)15(6,7)23-16/h9H,1-8H3. The molecule has 0 aliphatic carbocycles. The van der Waals surface area contributed by atoms with Crippen LogP contribution >= 0.6 is 0 Å². The minimum atomic E-state index is -0.669. The van der Waals surface area contributed by atoms with Crippen LogP contribution in [-0.2, 0) is 14.0 Å². The Morgan fingerprint density at radius 1 is 1.22 bits per heavy atom. The minimum Gasteiger partial charge on any atom is -0.468 e. The van der Waals surface area contributed by atoms with E-state index in [0.29, 0.717) is 5.59 Å². The highest BCUT2D eigenvalue weighted by Crippen LogP contribution is 2.36. The van der Waals surface area contributed by atoms with Gasteiger partial charge in [0.1, 0.15) is 5.60 Å². The molecule has 1 fully saturated rings. The van der Waals surface area contributed by atoms with Gasteiger partial charge < -0.3 is 18.8 Å². The Kier molecular flexibility index (Phi) is 4.28. The molecule has 0 radical (unpaired) electrons. The van der Waals surface area contributed by atoms with Crippen LogP contribution in [0.25, 0.3) is 0 Å². The molecule has 0 bridgehead atoms. The van der Waals surface area contributed by atoms with Crippen molar-refractivity contribution in [1.82, 2.24) is 9.55 Å². The molecular formula is C15H25BN2O5. The second kappa shape index (κ2) is 5.52. The van der Waals surface area contributed by atoms with Crippen LogP contribution in [0.15, 0.2) is 6.20 Å². The molecule has 23 heavy (non-hydrogen) atoms. The zero-order valence-electron chi connectivity index (χ0n) is 15.1. The number of rotatable bonds is 2. The Bertz CT molecular complexity index is 587. The van der Waals surface area contributed by atoms with Gasteiger partial charge in [0.25, 0.3) is 0 Å². The first kappa shape index (κ1) is 17.8. The summed E-state index contributed by atoms with van der Waals surface area (Å²) < 4.78 is 23.6. The molecule has 0 amide bonds. The van der Waals surface area contributed by atoms with Crippen LogP contribution in [0.2, 0.25) is 0 Å².